The van der Waals surface area contributed by atoms with E-state index in [9.17, 15) is 4.39 Å². The van der Waals surface area contributed by atoms with Crippen LogP contribution in [0.3, 0.4) is 0 Å². The Kier molecular flexibility index (Phi) is 3.36. The van der Waals surface area contributed by atoms with Gasteiger partial charge in [-0.25, -0.2) is 4.39 Å². The van der Waals surface area contributed by atoms with Gasteiger partial charge in [-0.05, 0) is 36.5 Å². The molecule has 88 valence electrons. The molecule has 16 heavy (non-hydrogen) atoms. The minimum absolute atomic E-state index is 0.0572. The molecule has 2 rings (SSSR count). The lowest BCUT2D eigenvalue weighted by molar-refractivity contribution is 0.260. The van der Waals surface area contributed by atoms with E-state index < -0.39 is 0 Å². The zero-order valence-corrected chi connectivity index (χ0v) is 11.1. The summed E-state index contributed by atoms with van der Waals surface area (Å²) in [6, 6.07) is 4.80. The highest BCUT2D eigenvalue weighted by molar-refractivity contribution is 9.10. The van der Waals surface area contributed by atoms with E-state index in [2.05, 4.69) is 22.9 Å². The Morgan fingerprint density at radius 2 is 2.00 bits per heavy atom. The molecule has 0 amide bonds. The van der Waals surface area contributed by atoms with Crippen molar-refractivity contribution in [1.29, 1.82) is 0 Å². The van der Waals surface area contributed by atoms with Crippen LogP contribution < -0.4 is 5.73 Å². The van der Waals surface area contributed by atoms with Crippen molar-refractivity contribution in [3.05, 3.63) is 34.1 Å². The van der Waals surface area contributed by atoms with E-state index in [-0.39, 0.29) is 17.3 Å². The third-order valence-electron chi connectivity index (χ3n) is 3.79. The fraction of sp³-hybridized carbons (Fsp3) is 0.538. The smallest absolute Gasteiger partial charge is 0.128 e. The Morgan fingerprint density at radius 3 is 2.62 bits per heavy atom. The van der Waals surface area contributed by atoms with Crippen molar-refractivity contribution in [3.63, 3.8) is 0 Å². The molecule has 0 spiro atoms. The van der Waals surface area contributed by atoms with Crippen LogP contribution in [0.2, 0.25) is 0 Å². The van der Waals surface area contributed by atoms with Gasteiger partial charge in [0, 0.05) is 16.1 Å². The van der Waals surface area contributed by atoms with Crippen LogP contribution in [0, 0.1) is 11.2 Å². The molecule has 1 aliphatic carbocycles. The van der Waals surface area contributed by atoms with E-state index in [1.165, 1.54) is 18.9 Å². The standard InChI is InChI=1S/C13H17BrFN/c1-13(6-2-3-7-13)12(16)10-8-9(14)4-5-11(10)15/h4-5,8,12H,2-3,6-7,16H2,1H3. The quantitative estimate of drug-likeness (QED) is 0.867. The van der Waals surface area contributed by atoms with Crippen LogP contribution in [0.15, 0.2) is 22.7 Å². The average molecular weight is 286 g/mol. The van der Waals surface area contributed by atoms with Crippen molar-refractivity contribution in [1.82, 2.24) is 0 Å². The molecule has 2 N–H and O–H groups in total. The second kappa shape index (κ2) is 4.46. The zero-order valence-electron chi connectivity index (χ0n) is 9.47. The SMILES string of the molecule is CC1(C(N)c2cc(Br)ccc2F)CCCC1. The normalized spacial score (nSPS) is 21.0. The lowest BCUT2D eigenvalue weighted by Crippen LogP contribution is -2.30. The Morgan fingerprint density at radius 1 is 1.38 bits per heavy atom. The summed E-state index contributed by atoms with van der Waals surface area (Å²) in [6.07, 6.45) is 4.61. The molecule has 1 aromatic carbocycles. The summed E-state index contributed by atoms with van der Waals surface area (Å²) in [7, 11) is 0. The molecule has 1 aromatic rings. The van der Waals surface area contributed by atoms with E-state index in [0.717, 1.165) is 17.3 Å². The van der Waals surface area contributed by atoms with Gasteiger partial charge in [-0.15, -0.1) is 0 Å². The van der Waals surface area contributed by atoms with Gasteiger partial charge in [0.05, 0.1) is 0 Å². The predicted octanol–water partition coefficient (Wildman–Crippen LogP) is 4.17. The first-order chi connectivity index (χ1) is 7.53. The maximum Gasteiger partial charge on any atom is 0.128 e. The first kappa shape index (κ1) is 12.1. The molecule has 1 nitrogen and oxygen atoms in total. The topological polar surface area (TPSA) is 26.0 Å². The highest BCUT2D eigenvalue weighted by Crippen LogP contribution is 2.46. The van der Waals surface area contributed by atoms with E-state index in [1.54, 1.807) is 6.07 Å². The van der Waals surface area contributed by atoms with Crippen LogP contribution in [0.25, 0.3) is 0 Å². The first-order valence-corrected chi connectivity index (χ1v) is 6.53. The second-order valence-corrected chi connectivity index (χ2v) is 5.92. The highest BCUT2D eigenvalue weighted by Gasteiger charge is 2.36. The van der Waals surface area contributed by atoms with E-state index >= 15 is 0 Å². The van der Waals surface area contributed by atoms with E-state index in [4.69, 9.17) is 5.73 Å². The monoisotopic (exact) mass is 285 g/mol. The number of benzene rings is 1. The van der Waals surface area contributed by atoms with Gasteiger partial charge >= 0.3 is 0 Å². The van der Waals surface area contributed by atoms with Gasteiger partial charge in [0.15, 0.2) is 0 Å². The molecule has 0 heterocycles. The van der Waals surface area contributed by atoms with Gasteiger partial charge in [0.2, 0.25) is 0 Å². The molecular formula is C13H17BrFN. The Balaban J connectivity index is 2.32. The summed E-state index contributed by atoms with van der Waals surface area (Å²) in [5, 5.41) is 0. The molecule has 1 saturated carbocycles. The number of hydrogen-bond acceptors (Lipinski definition) is 1. The van der Waals surface area contributed by atoms with E-state index in [0.29, 0.717) is 5.56 Å². The van der Waals surface area contributed by atoms with Crippen LogP contribution in [0.5, 0.6) is 0 Å². The molecule has 1 aliphatic rings. The molecule has 0 aliphatic heterocycles. The first-order valence-electron chi connectivity index (χ1n) is 5.73. The number of halogens is 2. The van der Waals surface area contributed by atoms with Gasteiger partial charge in [-0.1, -0.05) is 35.7 Å². The van der Waals surface area contributed by atoms with E-state index in [1.807, 2.05) is 6.07 Å². The second-order valence-electron chi connectivity index (χ2n) is 5.00. The van der Waals surface area contributed by atoms with Crippen molar-refractivity contribution in [2.45, 2.75) is 38.6 Å². The maximum absolute atomic E-state index is 13.7. The summed E-state index contributed by atoms with van der Waals surface area (Å²) in [6.45, 7) is 2.17. The van der Waals surface area contributed by atoms with Crippen molar-refractivity contribution in [2.75, 3.05) is 0 Å². The van der Waals surface area contributed by atoms with Crippen molar-refractivity contribution in [3.8, 4) is 0 Å². The highest BCUT2D eigenvalue weighted by atomic mass is 79.9. The largest absolute Gasteiger partial charge is 0.323 e. The third kappa shape index (κ3) is 2.16. The molecule has 0 saturated heterocycles. The third-order valence-corrected chi connectivity index (χ3v) is 4.28. The number of nitrogens with two attached hydrogens (primary N) is 1. The van der Waals surface area contributed by atoms with Gasteiger partial charge < -0.3 is 5.73 Å². The lowest BCUT2D eigenvalue weighted by atomic mass is 9.78. The maximum atomic E-state index is 13.7. The fourth-order valence-corrected chi connectivity index (χ4v) is 3.00. The van der Waals surface area contributed by atoms with Gasteiger partial charge in [0.25, 0.3) is 0 Å². The summed E-state index contributed by atoms with van der Waals surface area (Å²) in [5.74, 6) is -0.191. The van der Waals surface area contributed by atoms with Gasteiger partial charge in [0.1, 0.15) is 5.82 Å². The molecule has 0 radical (unpaired) electrons. The molecule has 0 aromatic heterocycles. The van der Waals surface area contributed by atoms with Crippen molar-refractivity contribution >= 4 is 15.9 Å². The van der Waals surface area contributed by atoms with Gasteiger partial charge in [-0.2, -0.15) is 0 Å². The molecule has 1 atom stereocenters. The predicted molar refractivity (Wildman–Crippen MR) is 67.6 cm³/mol. The summed E-state index contributed by atoms with van der Waals surface area (Å²) in [5.41, 5.74) is 6.94. The van der Waals surface area contributed by atoms with Crippen molar-refractivity contribution in [2.24, 2.45) is 11.1 Å². The Hall–Kier alpha value is -0.410. The lowest BCUT2D eigenvalue weighted by Gasteiger charge is -2.31. The molecular weight excluding hydrogens is 269 g/mol. The minimum Gasteiger partial charge on any atom is -0.323 e. The van der Waals surface area contributed by atoms with Gasteiger partial charge in [-0.3, -0.25) is 0 Å². The molecule has 3 heteroatoms. The summed E-state index contributed by atoms with van der Waals surface area (Å²) < 4.78 is 14.6. The summed E-state index contributed by atoms with van der Waals surface area (Å²) >= 11 is 3.37. The zero-order chi connectivity index (χ0) is 11.8. The number of rotatable bonds is 2. The Bertz CT molecular complexity index is 386. The average Bonchev–Trinajstić information content (AvgIpc) is 2.69. The molecule has 1 unspecified atom stereocenters. The molecule has 0 bridgehead atoms. The number of hydrogen-bond donors (Lipinski definition) is 1. The van der Waals surface area contributed by atoms with Crippen LogP contribution in [0.4, 0.5) is 4.39 Å². The molecule has 1 fully saturated rings. The van der Waals surface area contributed by atoms with Crippen LogP contribution >= 0.6 is 15.9 Å². The fourth-order valence-electron chi connectivity index (χ4n) is 2.62. The van der Waals surface area contributed by atoms with Crippen LogP contribution in [-0.2, 0) is 0 Å². The Labute approximate surface area is 104 Å². The summed E-state index contributed by atoms with van der Waals surface area (Å²) in [4.78, 5) is 0. The van der Waals surface area contributed by atoms with Crippen molar-refractivity contribution < 1.29 is 4.39 Å². The minimum atomic E-state index is -0.201. The van der Waals surface area contributed by atoms with Crippen LogP contribution in [-0.4, -0.2) is 0 Å². The van der Waals surface area contributed by atoms with Crippen LogP contribution in [0.1, 0.15) is 44.2 Å².